The number of aromatic hydroxyl groups is 1. The van der Waals surface area contributed by atoms with Gasteiger partial charge in [-0.1, -0.05) is 56.3 Å². The molecular formula is C23H22N4O2. The fraction of sp³-hybridized carbons (Fsp3) is 0.261. The second kappa shape index (κ2) is 6.30. The number of hydrogen-bond donors (Lipinski definition) is 2. The molecule has 0 saturated carbocycles. The quantitative estimate of drug-likeness (QED) is 0.686. The first kappa shape index (κ1) is 17.7. The van der Waals surface area contributed by atoms with Gasteiger partial charge in [0.1, 0.15) is 11.8 Å². The van der Waals surface area contributed by atoms with E-state index in [4.69, 9.17) is 10.1 Å². The molecular weight excluding hydrogens is 364 g/mol. The highest BCUT2D eigenvalue weighted by atomic mass is 16.3. The van der Waals surface area contributed by atoms with Gasteiger partial charge < -0.3 is 10.4 Å². The van der Waals surface area contributed by atoms with E-state index in [-0.39, 0.29) is 16.9 Å². The summed E-state index contributed by atoms with van der Waals surface area (Å²) in [5.41, 5.74) is 3.23. The number of carbonyl (C=O) groups excluding carboxylic acids is 1. The minimum absolute atomic E-state index is 0.111. The molecule has 1 aliphatic heterocycles. The van der Waals surface area contributed by atoms with E-state index >= 15 is 0 Å². The summed E-state index contributed by atoms with van der Waals surface area (Å²) in [5.74, 6) is 1.49. The predicted molar refractivity (Wildman–Crippen MR) is 110 cm³/mol. The molecule has 3 aromatic rings. The number of phenolic OH excluding ortho intramolecular Hbond substituents is 1. The number of nitrogens with zero attached hydrogens (tertiary/aromatic N) is 3. The molecule has 29 heavy (non-hydrogen) atoms. The Bertz CT molecular complexity index is 1140. The zero-order chi connectivity index (χ0) is 20.2. The SMILES string of the molecule is CC1(C)CC(=O)C2=C(C1)Nc1nc(-c3ccccc3)nn1[C@@H]2c1cccc(O)c1. The maximum Gasteiger partial charge on any atom is 0.226 e. The van der Waals surface area contributed by atoms with Gasteiger partial charge >= 0.3 is 0 Å². The van der Waals surface area contributed by atoms with Gasteiger partial charge in [-0.3, -0.25) is 4.79 Å². The van der Waals surface area contributed by atoms with Crippen LogP contribution in [-0.4, -0.2) is 25.7 Å². The number of nitrogens with one attached hydrogen (secondary N) is 1. The monoisotopic (exact) mass is 386 g/mol. The number of fused-ring (bicyclic) bond motifs is 1. The van der Waals surface area contributed by atoms with Gasteiger partial charge in [-0.15, -0.1) is 5.10 Å². The highest BCUT2D eigenvalue weighted by Gasteiger charge is 2.41. The number of aromatic nitrogens is 3. The lowest BCUT2D eigenvalue weighted by atomic mass is 9.73. The maximum absolute atomic E-state index is 13.2. The van der Waals surface area contributed by atoms with E-state index in [0.29, 0.717) is 23.8 Å². The van der Waals surface area contributed by atoms with Crippen LogP contribution in [0, 0.1) is 5.41 Å². The lowest BCUT2D eigenvalue weighted by Gasteiger charge is -2.38. The third kappa shape index (κ3) is 3.01. The van der Waals surface area contributed by atoms with Gasteiger partial charge in [0.05, 0.1) is 0 Å². The molecule has 1 aromatic heterocycles. The van der Waals surface area contributed by atoms with Crippen LogP contribution in [0.25, 0.3) is 11.4 Å². The van der Waals surface area contributed by atoms with Crippen LogP contribution in [0.15, 0.2) is 65.9 Å². The van der Waals surface area contributed by atoms with Crippen molar-refractivity contribution in [2.24, 2.45) is 5.41 Å². The number of anilines is 1. The zero-order valence-corrected chi connectivity index (χ0v) is 16.4. The van der Waals surface area contributed by atoms with Crippen molar-refractivity contribution in [3.05, 3.63) is 71.4 Å². The van der Waals surface area contributed by atoms with Crippen molar-refractivity contribution >= 4 is 11.7 Å². The van der Waals surface area contributed by atoms with E-state index in [1.165, 1.54) is 0 Å². The van der Waals surface area contributed by atoms with Gasteiger partial charge in [0.25, 0.3) is 0 Å². The Kier molecular flexibility index (Phi) is 3.84. The molecule has 0 bridgehead atoms. The summed E-state index contributed by atoms with van der Waals surface area (Å²) in [6.45, 7) is 4.21. The van der Waals surface area contributed by atoms with Crippen LogP contribution >= 0.6 is 0 Å². The van der Waals surface area contributed by atoms with Gasteiger partial charge in [-0.05, 0) is 29.5 Å². The Morgan fingerprint density at radius 3 is 2.66 bits per heavy atom. The Morgan fingerprint density at radius 1 is 1.10 bits per heavy atom. The van der Waals surface area contributed by atoms with E-state index in [0.717, 1.165) is 23.2 Å². The molecule has 2 N–H and O–H groups in total. The van der Waals surface area contributed by atoms with E-state index in [1.807, 2.05) is 36.4 Å². The number of rotatable bonds is 2. The average Bonchev–Trinajstić information content (AvgIpc) is 3.09. The molecule has 2 aromatic carbocycles. The lowest BCUT2D eigenvalue weighted by molar-refractivity contribution is -0.118. The smallest absolute Gasteiger partial charge is 0.226 e. The normalized spacial score (nSPS) is 20.1. The fourth-order valence-electron chi connectivity index (χ4n) is 4.32. The molecule has 6 nitrogen and oxygen atoms in total. The molecule has 5 rings (SSSR count). The first-order valence-electron chi connectivity index (χ1n) is 9.75. The summed E-state index contributed by atoms with van der Waals surface area (Å²) in [6, 6.07) is 16.4. The standard InChI is InChI=1S/C23H22N4O2/c1-23(2)12-17-19(18(29)13-23)20(15-9-6-10-16(28)11-15)27-22(24-17)25-21(26-27)14-7-4-3-5-8-14/h3-11,20,28H,12-13H2,1-2H3,(H,24,25,26)/t20-/m1/s1. The molecule has 0 unspecified atom stereocenters. The van der Waals surface area contributed by atoms with Crippen molar-refractivity contribution in [3.8, 4) is 17.1 Å². The van der Waals surface area contributed by atoms with Crippen molar-refractivity contribution in [1.29, 1.82) is 0 Å². The van der Waals surface area contributed by atoms with E-state index in [1.54, 1.807) is 22.9 Å². The molecule has 0 spiro atoms. The van der Waals surface area contributed by atoms with Crippen LogP contribution in [0.2, 0.25) is 0 Å². The molecule has 0 saturated heterocycles. The van der Waals surface area contributed by atoms with Gasteiger partial charge in [-0.25, -0.2) is 4.68 Å². The van der Waals surface area contributed by atoms with Crippen LogP contribution in [0.4, 0.5) is 5.95 Å². The van der Waals surface area contributed by atoms with Crippen molar-refractivity contribution < 1.29 is 9.90 Å². The second-order valence-corrected chi connectivity index (χ2v) is 8.53. The summed E-state index contributed by atoms with van der Waals surface area (Å²) in [6.07, 6.45) is 1.25. The second-order valence-electron chi connectivity index (χ2n) is 8.53. The molecule has 1 aliphatic carbocycles. The number of allylic oxidation sites excluding steroid dienone is 2. The molecule has 6 heteroatoms. The number of carbonyl (C=O) groups is 1. The Hall–Kier alpha value is -3.41. The number of ketones is 1. The van der Waals surface area contributed by atoms with Crippen LogP contribution in [0.5, 0.6) is 5.75 Å². The minimum atomic E-state index is -0.415. The molecule has 0 amide bonds. The molecule has 0 fully saturated rings. The third-order valence-corrected chi connectivity index (χ3v) is 5.55. The number of phenols is 1. The first-order valence-corrected chi connectivity index (χ1v) is 9.75. The van der Waals surface area contributed by atoms with E-state index in [2.05, 4.69) is 19.2 Å². The van der Waals surface area contributed by atoms with Gasteiger partial charge in [0.15, 0.2) is 11.6 Å². The van der Waals surface area contributed by atoms with E-state index in [9.17, 15) is 9.90 Å². The lowest BCUT2D eigenvalue weighted by Crippen LogP contribution is -2.36. The van der Waals surface area contributed by atoms with Crippen LogP contribution < -0.4 is 5.32 Å². The van der Waals surface area contributed by atoms with Gasteiger partial charge in [-0.2, -0.15) is 4.98 Å². The Balaban J connectivity index is 1.70. The van der Waals surface area contributed by atoms with Crippen LogP contribution in [-0.2, 0) is 4.79 Å². The average molecular weight is 386 g/mol. The minimum Gasteiger partial charge on any atom is -0.508 e. The summed E-state index contributed by atoms with van der Waals surface area (Å²) >= 11 is 0. The van der Waals surface area contributed by atoms with Crippen molar-refractivity contribution in [2.75, 3.05) is 5.32 Å². The number of benzene rings is 2. The Morgan fingerprint density at radius 2 is 1.90 bits per heavy atom. The Labute approximate surface area is 168 Å². The molecule has 2 heterocycles. The zero-order valence-electron chi connectivity index (χ0n) is 16.4. The number of hydrogen-bond acceptors (Lipinski definition) is 5. The van der Waals surface area contributed by atoms with Crippen LogP contribution in [0.1, 0.15) is 38.3 Å². The molecule has 0 radical (unpaired) electrons. The van der Waals surface area contributed by atoms with Crippen LogP contribution in [0.3, 0.4) is 0 Å². The topological polar surface area (TPSA) is 80.0 Å². The highest BCUT2D eigenvalue weighted by molar-refractivity contribution is 6.00. The largest absolute Gasteiger partial charge is 0.508 e. The van der Waals surface area contributed by atoms with Crippen molar-refractivity contribution in [2.45, 2.75) is 32.7 Å². The predicted octanol–water partition coefficient (Wildman–Crippen LogP) is 4.31. The summed E-state index contributed by atoms with van der Waals surface area (Å²) < 4.78 is 1.77. The summed E-state index contributed by atoms with van der Waals surface area (Å²) in [4.78, 5) is 17.9. The molecule has 2 aliphatic rings. The molecule has 146 valence electrons. The highest BCUT2D eigenvalue weighted by Crippen LogP contribution is 2.45. The maximum atomic E-state index is 13.2. The molecule has 1 atom stereocenters. The van der Waals surface area contributed by atoms with Crippen molar-refractivity contribution in [3.63, 3.8) is 0 Å². The fourth-order valence-corrected chi connectivity index (χ4v) is 4.32. The van der Waals surface area contributed by atoms with Gasteiger partial charge in [0.2, 0.25) is 5.95 Å². The first-order chi connectivity index (χ1) is 13.9. The summed E-state index contributed by atoms with van der Waals surface area (Å²) in [5, 5.41) is 18.2. The van der Waals surface area contributed by atoms with E-state index < -0.39 is 6.04 Å². The number of Topliss-reactive ketones (excluding diaryl/α,β-unsaturated/α-hetero) is 1. The van der Waals surface area contributed by atoms with Crippen molar-refractivity contribution in [1.82, 2.24) is 14.8 Å². The van der Waals surface area contributed by atoms with Gasteiger partial charge in [0, 0.05) is 23.3 Å². The summed E-state index contributed by atoms with van der Waals surface area (Å²) in [7, 11) is 0. The third-order valence-electron chi connectivity index (χ3n) is 5.55.